The summed E-state index contributed by atoms with van der Waals surface area (Å²) >= 11 is 0. The molecule has 0 bridgehead atoms. The van der Waals surface area contributed by atoms with Gasteiger partial charge in [0.2, 0.25) is 11.8 Å². The molecule has 0 saturated carbocycles. The molecule has 0 unspecified atom stereocenters. The summed E-state index contributed by atoms with van der Waals surface area (Å²) in [5.74, 6) is 0.485. The first-order chi connectivity index (χ1) is 11.2. The highest BCUT2D eigenvalue weighted by Gasteiger charge is 2.22. The molecule has 1 aliphatic rings. The smallest absolute Gasteiger partial charge is 0.243 e. The average Bonchev–Trinajstić information content (AvgIpc) is 3.01. The topological polar surface area (TPSA) is 67.5 Å². The number of carbonyl (C=O) groups is 1. The van der Waals surface area contributed by atoms with Gasteiger partial charge in [-0.1, -0.05) is 31.2 Å². The summed E-state index contributed by atoms with van der Waals surface area (Å²) in [5.41, 5.74) is 6.83. The van der Waals surface area contributed by atoms with Crippen molar-refractivity contribution in [2.24, 2.45) is 11.0 Å². The van der Waals surface area contributed by atoms with Gasteiger partial charge in [-0.2, -0.15) is 5.10 Å². The van der Waals surface area contributed by atoms with E-state index in [1.54, 1.807) is 0 Å². The Labute approximate surface area is 133 Å². The van der Waals surface area contributed by atoms with Crippen LogP contribution in [0, 0.1) is 5.92 Å². The maximum atomic E-state index is 11.5. The van der Waals surface area contributed by atoms with Crippen LogP contribution in [0.3, 0.4) is 0 Å². The van der Waals surface area contributed by atoms with Crippen LogP contribution >= 0.6 is 0 Å². The van der Waals surface area contributed by atoms with Gasteiger partial charge >= 0.3 is 0 Å². The lowest BCUT2D eigenvalue weighted by Crippen LogP contribution is -2.33. The van der Waals surface area contributed by atoms with Gasteiger partial charge in [-0.3, -0.25) is 4.79 Å². The van der Waals surface area contributed by atoms with E-state index < -0.39 is 0 Å². The van der Waals surface area contributed by atoms with E-state index in [0.29, 0.717) is 17.9 Å². The summed E-state index contributed by atoms with van der Waals surface area (Å²) in [5, 5.41) is 4.16. The second-order valence-corrected chi connectivity index (χ2v) is 5.71. The molecule has 1 aliphatic heterocycles. The summed E-state index contributed by atoms with van der Waals surface area (Å²) in [6.07, 6.45) is 0.622. The summed E-state index contributed by atoms with van der Waals surface area (Å²) in [6, 6.07) is 15.6. The Kier molecular flexibility index (Phi) is 3.19. The highest BCUT2D eigenvalue weighted by Crippen LogP contribution is 2.26. The Morgan fingerprint density at radius 1 is 1.13 bits per heavy atom. The third kappa shape index (κ3) is 2.50. The third-order valence-electron chi connectivity index (χ3n) is 3.99. The van der Waals surface area contributed by atoms with Crippen LogP contribution in [-0.4, -0.2) is 16.6 Å². The highest BCUT2D eigenvalue weighted by molar-refractivity contribution is 6.06. The molecule has 5 nitrogen and oxygen atoms in total. The van der Waals surface area contributed by atoms with Gasteiger partial charge in [-0.15, -0.1) is 0 Å². The predicted molar refractivity (Wildman–Crippen MR) is 87.9 cm³/mol. The normalized spacial score (nSPS) is 17.9. The molecule has 2 aromatic carbocycles. The highest BCUT2D eigenvalue weighted by atomic mass is 16.3. The molecular weight excluding hydrogens is 290 g/mol. The Bertz CT molecular complexity index is 912. The molecule has 114 valence electrons. The zero-order chi connectivity index (χ0) is 15.8. The standard InChI is InChI=1S/C18H15N3O2/c1-11-9-15(20-21-17(11)22)13-7-8-14-16(10-13)23-18(19-14)12-5-3-2-4-6-12/h2-8,10-11H,9H2,1H3,(H,21,22)/t11-/m0/s1. The number of benzene rings is 2. The molecule has 0 radical (unpaired) electrons. The second kappa shape index (κ2) is 5.35. The summed E-state index contributed by atoms with van der Waals surface area (Å²) in [4.78, 5) is 16.0. The lowest BCUT2D eigenvalue weighted by Gasteiger charge is -2.17. The van der Waals surface area contributed by atoms with Gasteiger partial charge in [0, 0.05) is 23.5 Å². The van der Waals surface area contributed by atoms with Gasteiger partial charge in [0.05, 0.1) is 5.71 Å². The molecule has 3 aromatic rings. The molecule has 2 heterocycles. The van der Waals surface area contributed by atoms with Crippen LogP contribution in [0.25, 0.3) is 22.6 Å². The number of fused-ring (bicyclic) bond motifs is 1. The summed E-state index contributed by atoms with van der Waals surface area (Å²) in [7, 11) is 0. The average molecular weight is 305 g/mol. The number of hydrazone groups is 1. The molecule has 4 rings (SSSR count). The molecule has 1 N–H and O–H groups in total. The largest absolute Gasteiger partial charge is 0.436 e. The predicted octanol–water partition coefficient (Wildman–Crippen LogP) is 3.35. The molecule has 0 saturated heterocycles. The van der Waals surface area contributed by atoms with E-state index in [9.17, 15) is 4.79 Å². The number of amides is 1. The van der Waals surface area contributed by atoms with E-state index in [1.165, 1.54) is 0 Å². The van der Waals surface area contributed by atoms with Crippen molar-refractivity contribution < 1.29 is 9.21 Å². The maximum Gasteiger partial charge on any atom is 0.243 e. The number of nitrogens with zero attached hydrogens (tertiary/aromatic N) is 2. The molecule has 1 amide bonds. The number of nitrogens with one attached hydrogen (secondary N) is 1. The fourth-order valence-corrected chi connectivity index (χ4v) is 2.65. The number of hydrogen-bond donors (Lipinski definition) is 1. The van der Waals surface area contributed by atoms with Crippen LogP contribution in [-0.2, 0) is 4.79 Å². The number of carbonyl (C=O) groups excluding carboxylic acids is 1. The molecule has 23 heavy (non-hydrogen) atoms. The molecule has 0 spiro atoms. The Morgan fingerprint density at radius 2 is 1.96 bits per heavy atom. The van der Waals surface area contributed by atoms with E-state index in [1.807, 2.05) is 55.5 Å². The first-order valence-electron chi connectivity index (χ1n) is 7.53. The minimum absolute atomic E-state index is 0.0409. The number of rotatable bonds is 2. The zero-order valence-electron chi connectivity index (χ0n) is 12.6. The molecule has 0 fully saturated rings. The van der Waals surface area contributed by atoms with Gasteiger partial charge in [0.25, 0.3) is 0 Å². The van der Waals surface area contributed by atoms with Crippen molar-refractivity contribution in [3.63, 3.8) is 0 Å². The van der Waals surface area contributed by atoms with Crippen molar-refractivity contribution in [1.29, 1.82) is 0 Å². The van der Waals surface area contributed by atoms with Crippen molar-refractivity contribution in [3.8, 4) is 11.5 Å². The number of hydrogen-bond acceptors (Lipinski definition) is 4. The minimum atomic E-state index is -0.0761. The second-order valence-electron chi connectivity index (χ2n) is 5.71. The lowest BCUT2D eigenvalue weighted by molar-refractivity contribution is -0.124. The van der Waals surface area contributed by atoms with Gasteiger partial charge in [-0.25, -0.2) is 10.4 Å². The quantitative estimate of drug-likeness (QED) is 0.789. The van der Waals surface area contributed by atoms with Crippen LogP contribution in [0.2, 0.25) is 0 Å². The van der Waals surface area contributed by atoms with E-state index in [-0.39, 0.29) is 11.8 Å². The monoisotopic (exact) mass is 305 g/mol. The first-order valence-corrected chi connectivity index (χ1v) is 7.53. The van der Waals surface area contributed by atoms with Crippen molar-refractivity contribution in [2.45, 2.75) is 13.3 Å². The molecular formula is C18H15N3O2. The molecule has 0 aliphatic carbocycles. The molecule has 1 aromatic heterocycles. The number of oxazole rings is 1. The lowest BCUT2D eigenvalue weighted by atomic mass is 9.97. The Morgan fingerprint density at radius 3 is 2.74 bits per heavy atom. The van der Waals surface area contributed by atoms with E-state index in [0.717, 1.165) is 22.4 Å². The van der Waals surface area contributed by atoms with Gasteiger partial charge in [0.15, 0.2) is 5.58 Å². The van der Waals surface area contributed by atoms with Crippen LogP contribution < -0.4 is 5.43 Å². The van der Waals surface area contributed by atoms with Crippen molar-refractivity contribution in [2.75, 3.05) is 0 Å². The maximum absolute atomic E-state index is 11.5. The van der Waals surface area contributed by atoms with Crippen LogP contribution in [0.15, 0.2) is 58.0 Å². The van der Waals surface area contributed by atoms with Crippen molar-refractivity contribution in [1.82, 2.24) is 10.4 Å². The Hall–Kier alpha value is -2.95. The fourth-order valence-electron chi connectivity index (χ4n) is 2.65. The SMILES string of the molecule is C[C@H]1CC(c2ccc3nc(-c4ccccc4)oc3c2)=NNC1=O. The van der Waals surface area contributed by atoms with Crippen LogP contribution in [0.4, 0.5) is 0 Å². The van der Waals surface area contributed by atoms with Crippen molar-refractivity contribution in [3.05, 3.63) is 54.1 Å². The fraction of sp³-hybridized carbons (Fsp3) is 0.167. The van der Waals surface area contributed by atoms with E-state index in [4.69, 9.17) is 4.42 Å². The number of aromatic nitrogens is 1. The summed E-state index contributed by atoms with van der Waals surface area (Å²) < 4.78 is 5.88. The van der Waals surface area contributed by atoms with Crippen molar-refractivity contribution >= 4 is 22.7 Å². The molecule has 5 heteroatoms. The zero-order valence-corrected chi connectivity index (χ0v) is 12.6. The van der Waals surface area contributed by atoms with Gasteiger partial charge in [0.1, 0.15) is 5.52 Å². The first kappa shape index (κ1) is 13.7. The molecule has 1 atom stereocenters. The Balaban J connectivity index is 1.73. The summed E-state index contributed by atoms with van der Waals surface area (Å²) in [6.45, 7) is 1.89. The van der Waals surface area contributed by atoms with Crippen LogP contribution in [0.5, 0.6) is 0 Å². The third-order valence-corrected chi connectivity index (χ3v) is 3.99. The van der Waals surface area contributed by atoms with Crippen LogP contribution in [0.1, 0.15) is 18.9 Å². The van der Waals surface area contributed by atoms with Gasteiger partial charge < -0.3 is 4.42 Å². The van der Waals surface area contributed by atoms with E-state index in [2.05, 4.69) is 15.5 Å². The minimum Gasteiger partial charge on any atom is -0.436 e. The van der Waals surface area contributed by atoms with Gasteiger partial charge in [-0.05, 0) is 24.3 Å². The van der Waals surface area contributed by atoms with E-state index >= 15 is 0 Å².